The summed E-state index contributed by atoms with van der Waals surface area (Å²) < 4.78 is 26.0. The summed E-state index contributed by atoms with van der Waals surface area (Å²) in [6, 6.07) is 0.110. The van der Waals surface area contributed by atoms with Crippen molar-refractivity contribution in [2.24, 2.45) is 5.92 Å². The van der Waals surface area contributed by atoms with Gasteiger partial charge < -0.3 is 5.32 Å². The molecule has 1 atom stereocenters. The van der Waals surface area contributed by atoms with E-state index in [0.29, 0.717) is 12.3 Å². The summed E-state index contributed by atoms with van der Waals surface area (Å²) in [5.74, 6) is 0.786. The molecule has 0 heterocycles. The Morgan fingerprint density at radius 3 is 2.53 bits per heavy atom. The van der Waals surface area contributed by atoms with Gasteiger partial charge in [-0.2, -0.15) is 0 Å². The van der Waals surface area contributed by atoms with Crippen LogP contribution in [0.15, 0.2) is 0 Å². The Labute approximate surface area is 92.9 Å². The minimum Gasteiger partial charge on any atom is -0.320 e. The van der Waals surface area contributed by atoms with Crippen LogP contribution < -0.4 is 10.0 Å². The lowest BCUT2D eigenvalue weighted by Gasteiger charge is -2.31. The molecule has 1 fully saturated rings. The molecule has 0 aliphatic heterocycles. The first-order valence-electron chi connectivity index (χ1n) is 5.70. The van der Waals surface area contributed by atoms with E-state index in [0.717, 1.165) is 6.54 Å². The fourth-order valence-electron chi connectivity index (χ4n) is 1.82. The minimum absolute atomic E-state index is 0.110. The van der Waals surface area contributed by atoms with Gasteiger partial charge in [0.2, 0.25) is 10.0 Å². The van der Waals surface area contributed by atoms with Crippen LogP contribution >= 0.6 is 0 Å². The average Bonchev–Trinajstić information content (AvgIpc) is 1.99. The highest BCUT2D eigenvalue weighted by Gasteiger charge is 2.26. The molecule has 1 unspecified atom stereocenters. The molecule has 0 amide bonds. The maximum absolute atomic E-state index is 11.6. The largest absolute Gasteiger partial charge is 0.320 e. The van der Waals surface area contributed by atoms with E-state index in [4.69, 9.17) is 0 Å². The van der Waals surface area contributed by atoms with Gasteiger partial charge in [-0.15, -0.1) is 0 Å². The molecule has 2 N–H and O–H groups in total. The lowest BCUT2D eigenvalue weighted by Crippen LogP contribution is -2.41. The van der Waals surface area contributed by atoms with Crippen molar-refractivity contribution in [1.82, 2.24) is 10.0 Å². The smallest absolute Gasteiger partial charge is 0.211 e. The first-order chi connectivity index (χ1) is 7.05. The molecule has 0 radical (unpaired) electrons. The van der Waals surface area contributed by atoms with E-state index in [1.807, 2.05) is 14.0 Å². The molecule has 1 aliphatic carbocycles. The molecule has 0 aromatic carbocycles. The minimum atomic E-state index is -3.06. The van der Waals surface area contributed by atoms with E-state index < -0.39 is 10.0 Å². The lowest BCUT2D eigenvalue weighted by molar-refractivity contribution is 0.260. The van der Waals surface area contributed by atoms with E-state index in [1.54, 1.807) is 0 Å². The third-order valence-electron chi connectivity index (χ3n) is 3.06. The first kappa shape index (κ1) is 12.9. The molecule has 0 bridgehead atoms. The number of nitrogens with one attached hydrogen (secondary N) is 2. The highest BCUT2D eigenvalue weighted by molar-refractivity contribution is 7.89. The van der Waals surface area contributed by atoms with Gasteiger partial charge >= 0.3 is 0 Å². The molecule has 0 saturated heterocycles. The van der Waals surface area contributed by atoms with Crippen LogP contribution in [0.1, 0.15) is 32.6 Å². The Kier molecular flexibility index (Phi) is 5.02. The van der Waals surface area contributed by atoms with Gasteiger partial charge in [-0.25, -0.2) is 13.1 Å². The second-order valence-electron chi connectivity index (χ2n) is 4.37. The second-order valence-corrected chi connectivity index (χ2v) is 6.25. The first-order valence-corrected chi connectivity index (χ1v) is 7.35. The van der Waals surface area contributed by atoms with Crippen LogP contribution in [0.5, 0.6) is 0 Å². The number of rotatable bonds is 7. The molecule has 1 rings (SSSR count). The van der Waals surface area contributed by atoms with Crippen LogP contribution in [0.25, 0.3) is 0 Å². The number of hydrogen-bond acceptors (Lipinski definition) is 3. The Bertz CT molecular complexity index is 273. The van der Waals surface area contributed by atoms with Gasteiger partial charge in [0.05, 0.1) is 5.75 Å². The normalized spacial score (nSPS) is 19.9. The Morgan fingerprint density at radius 1 is 1.40 bits per heavy atom. The van der Waals surface area contributed by atoms with Crippen molar-refractivity contribution in [2.75, 3.05) is 19.3 Å². The van der Waals surface area contributed by atoms with Crippen molar-refractivity contribution in [1.29, 1.82) is 0 Å². The van der Waals surface area contributed by atoms with Gasteiger partial charge in [-0.1, -0.05) is 6.42 Å². The molecule has 4 nitrogen and oxygen atoms in total. The molecule has 5 heteroatoms. The summed E-state index contributed by atoms with van der Waals surface area (Å²) in [5, 5.41) is 2.95. The number of sulfonamides is 1. The van der Waals surface area contributed by atoms with Crippen molar-refractivity contribution in [2.45, 2.75) is 38.6 Å². The van der Waals surface area contributed by atoms with Crippen LogP contribution in [0, 0.1) is 5.92 Å². The summed E-state index contributed by atoms with van der Waals surface area (Å²) >= 11 is 0. The molecule has 0 aromatic rings. The summed E-state index contributed by atoms with van der Waals surface area (Å²) in [6.45, 7) is 2.72. The van der Waals surface area contributed by atoms with Crippen molar-refractivity contribution >= 4 is 10.0 Å². The molecule has 15 heavy (non-hydrogen) atoms. The van der Waals surface area contributed by atoms with E-state index >= 15 is 0 Å². The predicted octanol–water partition coefficient (Wildman–Crippen LogP) is 0.704. The standard InChI is InChI=1S/C10H22N2O2S/c1-9(10-5-3-6-10)12-15(13,14)8-4-7-11-2/h9-12H,3-8H2,1-2H3. The van der Waals surface area contributed by atoms with Crippen molar-refractivity contribution < 1.29 is 8.42 Å². The highest BCUT2D eigenvalue weighted by Crippen LogP contribution is 2.29. The number of hydrogen-bond donors (Lipinski definition) is 2. The fourth-order valence-corrected chi connectivity index (χ4v) is 3.22. The average molecular weight is 234 g/mol. The molecular formula is C10H22N2O2S. The Hall–Kier alpha value is -0.130. The zero-order valence-electron chi connectivity index (χ0n) is 9.62. The van der Waals surface area contributed by atoms with E-state index in [1.165, 1.54) is 19.3 Å². The van der Waals surface area contributed by atoms with E-state index in [-0.39, 0.29) is 11.8 Å². The van der Waals surface area contributed by atoms with Gasteiger partial charge in [0.1, 0.15) is 0 Å². The second kappa shape index (κ2) is 5.82. The van der Waals surface area contributed by atoms with Crippen LogP contribution in [0.2, 0.25) is 0 Å². The van der Waals surface area contributed by atoms with Crippen molar-refractivity contribution in [3.8, 4) is 0 Å². The summed E-state index contributed by atoms with van der Waals surface area (Å²) in [6.07, 6.45) is 4.25. The summed E-state index contributed by atoms with van der Waals surface area (Å²) in [7, 11) is -1.23. The Morgan fingerprint density at radius 2 is 2.07 bits per heavy atom. The molecule has 1 aliphatic rings. The van der Waals surface area contributed by atoms with Crippen LogP contribution in [0.3, 0.4) is 0 Å². The quantitative estimate of drug-likeness (QED) is 0.638. The molecule has 0 spiro atoms. The third-order valence-corrected chi connectivity index (χ3v) is 4.62. The van der Waals surface area contributed by atoms with Gasteiger partial charge in [0.25, 0.3) is 0 Å². The SMILES string of the molecule is CNCCCS(=O)(=O)NC(C)C1CCC1. The monoisotopic (exact) mass is 234 g/mol. The van der Waals surface area contributed by atoms with Crippen LogP contribution in [0.4, 0.5) is 0 Å². The maximum Gasteiger partial charge on any atom is 0.211 e. The van der Waals surface area contributed by atoms with Crippen LogP contribution in [-0.4, -0.2) is 33.8 Å². The molecule has 1 saturated carbocycles. The fraction of sp³-hybridized carbons (Fsp3) is 1.00. The van der Waals surface area contributed by atoms with E-state index in [2.05, 4.69) is 10.0 Å². The summed E-state index contributed by atoms with van der Waals surface area (Å²) in [4.78, 5) is 0. The zero-order valence-corrected chi connectivity index (χ0v) is 10.4. The van der Waals surface area contributed by atoms with Crippen LogP contribution in [-0.2, 0) is 10.0 Å². The van der Waals surface area contributed by atoms with Gasteiger partial charge in [0.15, 0.2) is 0 Å². The zero-order chi connectivity index (χ0) is 11.3. The molecule has 90 valence electrons. The van der Waals surface area contributed by atoms with E-state index in [9.17, 15) is 8.42 Å². The lowest BCUT2D eigenvalue weighted by atomic mass is 9.81. The van der Waals surface area contributed by atoms with Crippen molar-refractivity contribution in [3.05, 3.63) is 0 Å². The maximum atomic E-state index is 11.6. The van der Waals surface area contributed by atoms with Gasteiger partial charge in [-0.05, 0) is 45.7 Å². The highest BCUT2D eigenvalue weighted by atomic mass is 32.2. The summed E-state index contributed by atoms with van der Waals surface area (Å²) in [5.41, 5.74) is 0. The van der Waals surface area contributed by atoms with Crippen molar-refractivity contribution in [3.63, 3.8) is 0 Å². The molecular weight excluding hydrogens is 212 g/mol. The predicted molar refractivity (Wildman–Crippen MR) is 62.3 cm³/mol. The Balaban J connectivity index is 2.27. The molecule has 0 aromatic heterocycles. The van der Waals surface area contributed by atoms with Gasteiger partial charge in [-0.3, -0.25) is 0 Å². The van der Waals surface area contributed by atoms with Gasteiger partial charge in [0, 0.05) is 6.04 Å². The topological polar surface area (TPSA) is 58.2 Å². The third kappa shape index (κ3) is 4.49.